The number of nitrogens with one attached hydrogen (secondary N) is 1. The van der Waals surface area contributed by atoms with E-state index in [-0.39, 0.29) is 11.9 Å². The molecule has 134 valence electrons. The molecule has 26 heavy (non-hydrogen) atoms. The summed E-state index contributed by atoms with van der Waals surface area (Å²) >= 11 is 0. The Bertz CT molecular complexity index is 842. The van der Waals surface area contributed by atoms with Crippen molar-refractivity contribution in [2.45, 2.75) is 51.1 Å². The fourth-order valence-corrected chi connectivity index (χ4v) is 4.06. The van der Waals surface area contributed by atoms with E-state index < -0.39 is 0 Å². The third kappa shape index (κ3) is 2.94. The first-order valence-electron chi connectivity index (χ1n) is 9.29. The zero-order chi connectivity index (χ0) is 18.1. The van der Waals surface area contributed by atoms with Crippen LogP contribution in [-0.4, -0.2) is 28.3 Å². The molecule has 4 rings (SSSR count). The fraction of sp³-hybridized carbons (Fsp3) is 0.450. The van der Waals surface area contributed by atoms with Crippen LogP contribution in [0, 0.1) is 18.3 Å². The van der Waals surface area contributed by atoms with Crippen LogP contribution < -0.4 is 10.2 Å². The predicted octanol–water partition coefficient (Wildman–Crippen LogP) is 3.40. The van der Waals surface area contributed by atoms with E-state index in [0.29, 0.717) is 18.2 Å². The van der Waals surface area contributed by atoms with Crippen LogP contribution in [-0.2, 0) is 4.79 Å². The molecule has 1 amide bonds. The molecular weight excluding hydrogens is 326 g/mol. The number of benzene rings is 1. The smallest absolute Gasteiger partial charge is 0.249 e. The first-order chi connectivity index (χ1) is 12.7. The molecule has 0 bridgehead atoms. The Morgan fingerprint density at radius 3 is 2.62 bits per heavy atom. The first-order valence-corrected chi connectivity index (χ1v) is 9.29. The average Bonchev–Trinajstić information content (AvgIpc) is 3.38. The molecule has 1 unspecified atom stereocenters. The standard InChI is InChI=1S/C20H23N5O/c1-14-19(13-22-25(14)17-4-2-3-5-17)23-18-10-11-24(20(18)26)16-8-6-15(12-21)7-9-16/h6-9,13,17-18,23H,2-5,10-11H2,1H3. The highest BCUT2D eigenvalue weighted by Crippen LogP contribution is 2.32. The second kappa shape index (κ2) is 6.83. The number of carbonyl (C=O) groups is 1. The van der Waals surface area contributed by atoms with Gasteiger partial charge in [-0.15, -0.1) is 0 Å². The molecule has 1 saturated carbocycles. The van der Waals surface area contributed by atoms with Crippen molar-refractivity contribution in [2.75, 3.05) is 16.8 Å². The normalized spacial score (nSPS) is 20.5. The van der Waals surface area contributed by atoms with E-state index in [4.69, 9.17) is 5.26 Å². The second-order valence-corrected chi connectivity index (χ2v) is 7.16. The number of anilines is 2. The molecule has 6 heteroatoms. The summed E-state index contributed by atoms with van der Waals surface area (Å²) in [5, 5.41) is 16.9. The predicted molar refractivity (Wildman–Crippen MR) is 100 cm³/mol. The maximum absolute atomic E-state index is 12.8. The van der Waals surface area contributed by atoms with Gasteiger partial charge in [0, 0.05) is 12.2 Å². The van der Waals surface area contributed by atoms with Crippen molar-refractivity contribution in [1.29, 1.82) is 5.26 Å². The van der Waals surface area contributed by atoms with Crippen LogP contribution in [0.2, 0.25) is 0 Å². The summed E-state index contributed by atoms with van der Waals surface area (Å²) in [5.74, 6) is 0.0720. The molecule has 2 aromatic rings. The highest BCUT2D eigenvalue weighted by molar-refractivity contribution is 6.01. The Morgan fingerprint density at radius 2 is 1.92 bits per heavy atom. The number of aromatic nitrogens is 2. The van der Waals surface area contributed by atoms with Crippen molar-refractivity contribution in [1.82, 2.24) is 9.78 Å². The van der Waals surface area contributed by atoms with Gasteiger partial charge in [-0.1, -0.05) is 12.8 Å². The van der Waals surface area contributed by atoms with Gasteiger partial charge in [0.05, 0.1) is 35.3 Å². The molecule has 1 atom stereocenters. The van der Waals surface area contributed by atoms with Crippen LogP contribution in [0.4, 0.5) is 11.4 Å². The number of hydrogen-bond acceptors (Lipinski definition) is 4. The average molecular weight is 349 g/mol. The Morgan fingerprint density at radius 1 is 1.19 bits per heavy atom. The van der Waals surface area contributed by atoms with Crippen molar-refractivity contribution in [3.8, 4) is 6.07 Å². The van der Waals surface area contributed by atoms with Crippen LogP contribution in [0.25, 0.3) is 0 Å². The van der Waals surface area contributed by atoms with Gasteiger partial charge in [0.15, 0.2) is 0 Å². The summed E-state index contributed by atoms with van der Waals surface area (Å²) in [6, 6.07) is 9.54. The lowest BCUT2D eigenvalue weighted by Crippen LogP contribution is -2.33. The number of nitrogens with zero attached hydrogens (tertiary/aromatic N) is 4. The summed E-state index contributed by atoms with van der Waals surface area (Å²) in [4.78, 5) is 14.6. The van der Waals surface area contributed by atoms with Crippen molar-refractivity contribution in [3.05, 3.63) is 41.7 Å². The summed E-state index contributed by atoms with van der Waals surface area (Å²) in [7, 11) is 0. The minimum absolute atomic E-state index is 0.0720. The van der Waals surface area contributed by atoms with Crippen LogP contribution >= 0.6 is 0 Å². The van der Waals surface area contributed by atoms with E-state index in [9.17, 15) is 4.79 Å². The Kier molecular flexibility index (Phi) is 4.37. The van der Waals surface area contributed by atoms with E-state index in [1.807, 2.05) is 18.3 Å². The summed E-state index contributed by atoms with van der Waals surface area (Å²) in [5.41, 5.74) is 3.51. The molecule has 1 N–H and O–H groups in total. The summed E-state index contributed by atoms with van der Waals surface area (Å²) in [6.07, 6.45) is 7.53. The molecule has 1 aliphatic heterocycles. The molecule has 2 aliphatic rings. The van der Waals surface area contributed by atoms with Gasteiger partial charge in [-0.3, -0.25) is 9.48 Å². The van der Waals surface area contributed by atoms with Crippen molar-refractivity contribution in [2.24, 2.45) is 0 Å². The van der Waals surface area contributed by atoms with Crippen LogP contribution in [0.5, 0.6) is 0 Å². The number of amides is 1. The van der Waals surface area contributed by atoms with E-state index in [2.05, 4.69) is 28.1 Å². The zero-order valence-corrected chi connectivity index (χ0v) is 15.0. The van der Waals surface area contributed by atoms with E-state index in [1.54, 1.807) is 17.0 Å². The number of nitriles is 1. The Labute approximate surface area is 153 Å². The van der Waals surface area contributed by atoms with Gasteiger partial charge in [0.1, 0.15) is 6.04 Å². The molecule has 0 spiro atoms. The molecule has 2 heterocycles. The third-order valence-corrected chi connectivity index (χ3v) is 5.56. The van der Waals surface area contributed by atoms with Gasteiger partial charge in [-0.05, 0) is 50.5 Å². The first kappa shape index (κ1) is 16.6. The van der Waals surface area contributed by atoms with Crippen molar-refractivity contribution in [3.63, 3.8) is 0 Å². The molecule has 1 aliphatic carbocycles. The molecule has 6 nitrogen and oxygen atoms in total. The summed E-state index contributed by atoms with van der Waals surface area (Å²) in [6.45, 7) is 2.75. The number of hydrogen-bond donors (Lipinski definition) is 1. The monoisotopic (exact) mass is 349 g/mol. The van der Waals surface area contributed by atoms with Crippen LogP contribution in [0.1, 0.15) is 49.4 Å². The Hall–Kier alpha value is -2.81. The van der Waals surface area contributed by atoms with Gasteiger partial charge in [0.25, 0.3) is 0 Å². The van der Waals surface area contributed by atoms with Crippen LogP contribution in [0.15, 0.2) is 30.5 Å². The van der Waals surface area contributed by atoms with Gasteiger partial charge >= 0.3 is 0 Å². The second-order valence-electron chi connectivity index (χ2n) is 7.16. The molecule has 2 fully saturated rings. The zero-order valence-electron chi connectivity index (χ0n) is 15.0. The topological polar surface area (TPSA) is 74.0 Å². The SMILES string of the molecule is Cc1c(NC2CCN(c3ccc(C#N)cc3)C2=O)cnn1C1CCCC1. The largest absolute Gasteiger partial charge is 0.371 e. The lowest BCUT2D eigenvalue weighted by atomic mass is 10.2. The maximum Gasteiger partial charge on any atom is 0.249 e. The third-order valence-electron chi connectivity index (χ3n) is 5.56. The molecule has 0 radical (unpaired) electrons. The van der Waals surface area contributed by atoms with Gasteiger partial charge in [0.2, 0.25) is 5.91 Å². The molecular formula is C20H23N5O. The quantitative estimate of drug-likeness (QED) is 0.918. The number of rotatable bonds is 4. The van der Waals surface area contributed by atoms with Gasteiger partial charge in [-0.2, -0.15) is 10.4 Å². The summed E-state index contributed by atoms with van der Waals surface area (Å²) < 4.78 is 2.12. The Balaban J connectivity index is 1.46. The molecule has 1 aromatic heterocycles. The van der Waals surface area contributed by atoms with Crippen molar-refractivity contribution >= 4 is 17.3 Å². The molecule has 1 saturated heterocycles. The van der Waals surface area contributed by atoms with Crippen LogP contribution in [0.3, 0.4) is 0 Å². The van der Waals surface area contributed by atoms with E-state index >= 15 is 0 Å². The highest BCUT2D eigenvalue weighted by Gasteiger charge is 2.33. The highest BCUT2D eigenvalue weighted by atomic mass is 16.2. The lowest BCUT2D eigenvalue weighted by Gasteiger charge is -2.18. The van der Waals surface area contributed by atoms with E-state index in [1.165, 1.54) is 25.7 Å². The maximum atomic E-state index is 12.8. The minimum atomic E-state index is -0.231. The molecule has 1 aromatic carbocycles. The fourth-order valence-electron chi connectivity index (χ4n) is 4.06. The minimum Gasteiger partial charge on any atom is -0.371 e. The van der Waals surface area contributed by atoms with Crippen molar-refractivity contribution < 1.29 is 4.79 Å². The van der Waals surface area contributed by atoms with Gasteiger partial charge in [-0.25, -0.2) is 0 Å². The van der Waals surface area contributed by atoms with Gasteiger partial charge < -0.3 is 10.2 Å². The number of carbonyl (C=O) groups excluding carboxylic acids is 1. The van der Waals surface area contributed by atoms with E-state index in [0.717, 1.165) is 23.5 Å². The lowest BCUT2D eigenvalue weighted by molar-refractivity contribution is -0.117.